The van der Waals surface area contributed by atoms with E-state index in [0.29, 0.717) is 23.4 Å². The van der Waals surface area contributed by atoms with Gasteiger partial charge in [0.05, 0.1) is 44.2 Å². The number of nitrogens with one attached hydrogen (secondary N) is 2. The Hall–Kier alpha value is -2.27. The monoisotopic (exact) mass is 544 g/mol. The Morgan fingerprint density at radius 2 is 1.50 bits per heavy atom. The summed E-state index contributed by atoms with van der Waals surface area (Å²) in [6, 6.07) is 10.9. The first-order valence-corrected chi connectivity index (χ1v) is 14.5. The average Bonchev–Trinajstić information content (AvgIpc) is 3.58. The molecule has 3 aliphatic heterocycles. The molecule has 3 aliphatic rings. The molecule has 2 radical (unpaired) electrons. The molecule has 0 aliphatic carbocycles. The number of amides is 2. The lowest BCUT2D eigenvalue weighted by molar-refractivity contribution is 0.0879. The number of rotatable bonds is 7. The quantitative estimate of drug-likeness (QED) is 0.302. The van der Waals surface area contributed by atoms with Crippen LogP contribution in [0.25, 0.3) is 0 Å². The van der Waals surface area contributed by atoms with Crippen LogP contribution in [0.4, 0.5) is 10.1 Å². The summed E-state index contributed by atoms with van der Waals surface area (Å²) in [7, 11) is -6.91. The van der Waals surface area contributed by atoms with Crippen molar-refractivity contribution in [2.24, 2.45) is 0 Å². The Kier molecular flexibility index (Phi) is 8.49. The number of hydrogen-bond acceptors (Lipinski definition) is 10. The van der Waals surface area contributed by atoms with Crippen molar-refractivity contribution in [3.8, 4) is 5.75 Å². The third kappa shape index (κ3) is 5.82. The van der Waals surface area contributed by atoms with Gasteiger partial charge >= 0.3 is 0 Å². The van der Waals surface area contributed by atoms with E-state index in [2.05, 4.69) is 10.6 Å². The number of carbonyl (C=O) groups is 2. The van der Waals surface area contributed by atoms with Crippen molar-refractivity contribution < 1.29 is 46.6 Å². The van der Waals surface area contributed by atoms with Gasteiger partial charge in [-0.3, -0.25) is 14.9 Å². The van der Waals surface area contributed by atoms with Crippen molar-refractivity contribution in [1.82, 2.24) is 5.32 Å². The van der Waals surface area contributed by atoms with E-state index in [1.807, 2.05) is 6.92 Å². The Morgan fingerprint density at radius 1 is 0.972 bits per heavy atom. The normalized spacial score (nSPS) is 19.5. The third-order valence-electron chi connectivity index (χ3n) is 5.22. The molecule has 0 aromatic heterocycles. The van der Waals surface area contributed by atoms with E-state index in [0.717, 1.165) is 6.42 Å². The highest BCUT2D eigenvalue weighted by Gasteiger charge is 2.57. The second kappa shape index (κ2) is 11.4. The second-order valence-electron chi connectivity index (χ2n) is 7.80. The minimum atomic E-state index is -3.45. The number of ether oxygens (including phenoxy) is 1. The van der Waals surface area contributed by atoms with Crippen LogP contribution in [0.3, 0.4) is 0 Å². The van der Waals surface area contributed by atoms with Crippen molar-refractivity contribution in [2.45, 2.75) is 18.9 Å². The molecule has 0 atom stereocenters. The van der Waals surface area contributed by atoms with E-state index >= 15 is 0 Å². The van der Waals surface area contributed by atoms with Crippen molar-refractivity contribution in [2.75, 3.05) is 38.4 Å². The highest BCUT2D eigenvalue weighted by atomic mass is 31.3. The average molecular weight is 544 g/mol. The lowest BCUT2D eigenvalue weighted by Crippen LogP contribution is -2.27. The Labute approximate surface area is 208 Å². The van der Waals surface area contributed by atoms with Gasteiger partial charge in [0.15, 0.2) is 11.6 Å². The fourth-order valence-electron chi connectivity index (χ4n) is 3.56. The summed E-state index contributed by atoms with van der Waals surface area (Å²) in [6.45, 7) is 3.11. The van der Waals surface area contributed by atoms with Crippen molar-refractivity contribution >= 4 is 33.4 Å². The fraction of sp³-hybridized carbons (Fsp3) is 0.364. The van der Waals surface area contributed by atoms with Crippen LogP contribution in [0.2, 0.25) is 0 Å². The number of carbonyl (C=O) groups excluding carboxylic acids is 2. The van der Waals surface area contributed by atoms with E-state index in [1.165, 1.54) is 18.2 Å². The minimum absolute atomic E-state index is 0.0720. The van der Waals surface area contributed by atoms with Gasteiger partial charge in [-0.1, -0.05) is 19.1 Å². The Bertz CT molecular complexity index is 1060. The van der Waals surface area contributed by atoms with Crippen molar-refractivity contribution in [3.63, 3.8) is 0 Å². The predicted molar refractivity (Wildman–Crippen MR) is 130 cm³/mol. The van der Waals surface area contributed by atoms with Gasteiger partial charge in [-0.05, 0) is 30.7 Å². The van der Waals surface area contributed by atoms with E-state index in [9.17, 15) is 23.8 Å². The van der Waals surface area contributed by atoms with Crippen molar-refractivity contribution in [1.29, 1.82) is 0 Å². The van der Waals surface area contributed by atoms with Crippen LogP contribution in [0.1, 0.15) is 34.1 Å². The summed E-state index contributed by atoms with van der Waals surface area (Å²) in [5, 5.41) is 5.14. The van der Waals surface area contributed by atoms with Crippen LogP contribution in [-0.4, -0.2) is 60.2 Å². The lowest BCUT2D eigenvalue weighted by Gasteiger charge is -2.39. The number of hydrogen-bond donors (Lipinski definition) is 4. The zero-order valence-corrected chi connectivity index (χ0v) is 21.2. The summed E-state index contributed by atoms with van der Waals surface area (Å²) in [4.78, 5) is 43.3. The number of halogens is 1. The number of benzene rings is 2. The third-order valence-corrected chi connectivity index (χ3v) is 10.7. The molecule has 0 bridgehead atoms. The first-order valence-electron chi connectivity index (χ1n) is 11.2. The number of anilines is 1. The van der Waals surface area contributed by atoms with Gasteiger partial charge in [0.25, 0.3) is 27.7 Å². The van der Waals surface area contributed by atoms with Gasteiger partial charge in [-0.25, -0.2) is 4.39 Å². The molecule has 11 nitrogen and oxygen atoms in total. The van der Waals surface area contributed by atoms with Crippen LogP contribution >= 0.6 is 15.9 Å². The zero-order valence-electron chi connectivity index (χ0n) is 19.4. The lowest BCUT2D eigenvalue weighted by atomic mass is 10.1. The predicted octanol–water partition coefficient (Wildman–Crippen LogP) is 3.48. The maximum absolute atomic E-state index is 13.8. The van der Waals surface area contributed by atoms with E-state index in [1.54, 1.807) is 24.3 Å². The molecule has 196 valence electrons. The Morgan fingerprint density at radius 3 is 2.00 bits per heavy atom. The van der Waals surface area contributed by atoms with Crippen molar-refractivity contribution in [3.05, 3.63) is 59.4 Å². The first-order chi connectivity index (χ1) is 17.3. The molecule has 14 heteroatoms. The molecule has 0 unspecified atom stereocenters. The first kappa shape index (κ1) is 26.8. The molecule has 2 amide bonds. The van der Waals surface area contributed by atoms with E-state index in [4.69, 9.17) is 22.8 Å². The molecule has 4 N–H and O–H groups in total. The summed E-state index contributed by atoms with van der Waals surface area (Å²) < 4.78 is 40.6. The van der Waals surface area contributed by atoms with Gasteiger partial charge in [0, 0.05) is 11.8 Å². The van der Waals surface area contributed by atoms with E-state index < -0.39 is 27.2 Å². The van der Waals surface area contributed by atoms with Crippen LogP contribution < -0.4 is 15.4 Å². The topological polar surface area (TPSA) is 145 Å². The molecule has 2 aromatic carbocycles. The summed E-state index contributed by atoms with van der Waals surface area (Å²) in [6.07, 6.45) is 0.736. The maximum atomic E-state index is 13.8. The summed E-state index contributed by atoms with van der Waals surface area (Å²) >= 11 is 0. The van der Waals surface area contributed by atoms with Gasteiger partial charge < -0.3 is 37.9 Å². The molecule has 36 heavy (non-hydrogen) atoms. The molecule has 2 fully saturated rings. The SMILES string of the molecule is CCCOc1cc(NC([P]2(O)OCCO2)[P]2(O)OCCO2)ccc1F.O=C1NC(=O)c2ccccc21. The van der Waals surface area contributed by atoms with E-state index in [-0.39, 0.29) is 44.0 Å². The fourth-order valence-corrected chi connectivity index (χ4v) is 8.52. The van der Waals surface area contributed by atoms with Gasteiger partial charge in [-0.2, -0.15) is 0 Å². The molecule has 0 saturated carbocycles. The number of imide groups is 1. The molecular formula is C22H27FN2O9P2. The van der Waals surface area contributed by atoms with Crippen LogP contribution in [0.15, 0.2) is 42.5 Å². The molecule has 3 heterocycles. The maximum Gasteiger partial charge on any atom is 0.265 e. The highest BCUT2D eigenvalue weighted by Crippen LogP contribution is 2.80. The highest BCUT2D eigenvalue weighted by molar-refractivity contribution is 7.79. The van der Waals surface area contributed by atoms with Crippen LogP contribution in [0.5, 0.6) is 5.75 Å². The molecule has 2 aromatic rings. The smallest absolute Gasteiger partial charge is 0.265 e. The molecule has 2 saturated heterocycles. The summed E-state index contributed by atoms with van der Waals surface area (Å²) in [5.41, 5.74) is 0.238. The van der Waals surface area contributed by atoms with Crippen LogP contribution in [-0.2, 0) is 18.1 Å². The standard InChI is InChI=1S/C14H22FNO7P2.C8H5NO2/c1-2-5-19-13-10-11(3-4-12(13)15)16-14(24(17)20-6-7-21-24)25(18)22-8-9-23-25;10-7-5-3-1-2-4-6(5)8(11)9-7/h3-4,10,14,16-18H,2,5-9H2,1H3;1-4H,(H,9,10,11). The second-order valence-corrected chi connectivity index (χ2v) is 12.5. The zero-order chi connectivity index (χ0) is 25.8. The Balaban J connectivity index is 0.000000229. The number of fused-ring (bicyclic) bond motifs is 1. The minimum Gasteiger partial charge on any atom is -0.490 e. The summed E-state index contributed by atoms with van der Waals surface area (Å²) in [5.74, 6) is -1.03. The largest absolute Gasteiger partial charge is 0.490 e. The molecule has 5 rings (SSSR count). The molecular weight excluding hydrogens is 517 g/mol. The van der Waals surface area contributed by atoms with Crippen LogP contribution in [0, 0.1) is 5.82 Å². The van der Waals surface area contributed by atoms with Gasteiger partial charge in [0.1, 0.15) is 0 Å². The van der Waals surface area contributed by atoms with Gasteiger partial charge in [-0.15, -0.1) is 0 Å². The molecule has 0 spiro atoms. The van der Waals surface area contributed by atoms with Gasteiger partial charge in [0.2, 0.25) is 5.52 Å².